The Morgan fingerprint density at radius 3 is 2.71 bits per heavy atom. The number of anilines is 2. The van der Waals surface area contributed by atoms with Gasteiger partial charge in [0.25, 0.3) is 15.9 Å². The molecule has 0 fully saturated rings. The molecule has 2 heterocycles. The second-order valence-electron chi connectivity index (χ2n) is 6.79. The van der Waals surface area contributed by atoms with Gasteiger partial charge in [-0.25, -0.2) is 8.42 Å². The lowest BCUT2D eigenvalue weighted by Gasteiger charge is -2.34. The molecule has 0 bridgehead atoms. The summed E-state index contributed by atoms with van der Waals surface area (Å²) in [6.07, 6.45) is -1.15. The van der Waals surface area contributed by atoms with Crippen LogP contribution >= 0.6 is 34.7 Å². The fourth-order valence-corrected chi connectivity index (χ4v) is 6.17. The highest BCUT2D eigenvalue weighted by Crippen LogP contribution is 2.37. The zero-order valence-electron chi connectivity index (χ0n) is 17.5. The Labute approximate surface area is 208 Å². The molecule has 178 valence electrons. The van der Waals surface area contributed by atoms with E-state index < -0.39 is 28.0 Å². The van der Waals surface area contributed by atoms with Crippen molar-refractivity contribution in [3.05, 3.63) is 53.6 Å². The predicted molar refractivity (Wildman–Crippen MR) is 128 cm³/mol. The minimum absolute atomic E-state index is 0.0316. The quantitative estimate of drug-likeness (QED) is 0.273. The number of ether oxygens (including phenoxy) is 2. The van der Waals surface area contributed by atoms with E-state index in [-0.39, 0.29) is 28.1 Å². The standard InChI is InChI=1S/C20H17ClN4O6S3/c1-30-17(26)11-32-20-24-23-19(33-20)22-18(27)16-10-25(14-4-2-3-5-15(14)31-16)34(28,29)13-8-6-12(21)7-9-13/h2-9,16H,10-11H2,1H3,(H,22,23,27). The summed E-state index contributed by atoms with van der Waals surface area (Å²) >= 11 is 8.09. The lowest BCUT2D eigenvalue weighted by Crippen LogP contribution is -2.48. The van der Waals surface area contributed by atoms with Crippen LogP contribution in [0.2, 0.25) is 5.02 Å². The first-order valence-corrected chi connectivity index (χ1v) is 13.3. The Hall–Kier alpha value is -2.87. The van der Waals surface area contributed by atoms with Crippen LogP contribution in [0.5, 0.6) is 5.75 Å². The summed E-state index contributed by atoms with van der Waals surface area (Å²) in [5.74, 6) is -0.703. The molecule has 0 saturated heterocycles. The van der Waals surface area contributed by atoms with E-state index >= 15 is 0 Å². The minimum atomic E-state index is -4.00. The Balaban J connectivity index is 1.54. The average molecular weight is 541 g/mol. The number of nitrogens with one attached hydrogen (secondary N) is 1. The van der Waals surface area contributed by atoms with Crippen molar-refractivity contribution in [1.82, 2.24) is 10.2 Å². The molecule has 10 nitrogen and oxygen atoms in total. The highest BCUT2D eigenvalue weighted by Gasteiger charge is 2.37. The summed E-state index contributed by atoms with van der Waals surface area (Å²) in [6.45, 7) is -0.253. The summed E-state index contributed by atoms with van der Waals surface area (Å²) in [6, 6.07) is 12.3. The van der Waals surface area contributed by atoms with Crippen LogP contribution in [0.3, 0.4) is 0 Å². The smallest absolute Gasteiger partial charge is 0.316 e. The van der Waals surface area contributed by atoms with E-state index in [0.717, 1.165) is 27.4 Å². The Morgan fingerprint density at radius 2 is 1.97 bits per heavy atom. The Bertz CT molecular complexity index is 1320. The van der Waals surface area contributed by atoms with Crippen molar-refractivity contribution in [2.45, 2.75) is 15.3 Å². The molecule has 0 saturated carbocycles. The van der Waals surface area contributed by atoms with E-state index in [2.05, 4.69) is 20.3 Å². The van der Waals surface area contributed by atoms with Gasteiger partial charge >= 0.3 is 5.97 Å². The van der Waals surface area contributed by atoms with Crippen molar-refractivity contribution in [2.75, 3.05) is 29.0 Å². The van der Waals surface area contributed by atoms with Crippen LogP contribution in [0.4, 0.5) is 10.8 Å². The molecule has 1 aliphatic heterocycles. The summed E-state index contributed by atoms with van der Waals surface area (Å²) < 4.78 is 38.7. The van der Waals surface area contributed by atoms with Crippen LogP contribution in [0.25, 0.3) is 0 Å². The number of hydrogen-bond donors (Lipinski definition) is 1. The average Bonchev–Trinajstić information content (AvgIpc) is 3.29. The van der Waals surface area contributed by atoms with Gasteiger partial charge in [0.05, 0.1) is 30.0 Å². The molecular formula is C20H17ClN4O6S3. The number of fused-ring (bicyclic) bond motifs is 1. The minimum Gasteiger partial charge on any atom is -0.476 e. The van der Waals surface area contributed by atoms with Gasteiger partial charge in [-0.3, -0.25) is 19.2 Å². The zero-order chi connectivity index (χ0) is 24.3. The van der Waals surface area contributed by atoms with E-state index in [1.165, 1.54) is 31.4 Å². The second kappa shape index (κ2) is 10.2. The Morgan fingerprint density at radius 1 is 1.24 bits per heavy atom. The molecule has 1 unspecified atom stereocenters. The first-order chi connectivity index (χ1) is 16.3. The Kier molecular flexibility index (Phi) is 7.26. The van der Waals surface area contributed by atoms with Crippen molar-refractivity contribution >= 4 is 67.4 Å². The maximum atomic E-state index is 13.4. The molecule has 34 heavy (non-hydrogen) atoms. The fourth-order valence-electron chi connectivity index (χ4n) is 2.98. The van der Waals surface area contributed by atoms with Gasteiger partial charge in [0.15, 0.2) is 10.4 Å². The van der Waals surface area contributed by atoms with Crippen LogP contribution in [0.1, 0.15) is 0 Å². The number of nitrogens with zero attached hydrogens (tertiary/aromatic N) is 3. The number of benzene rings is 2. The SMILES string of the molecule is COC(=O)CSc1nnc(NC(=O)C2CN(S(=O)(=O)c3ccc(Cl)cc3)c3ccccc3O2)s1. The van der Waals surface area contributed by atoms with Crippen LogP contribution in [-0.2, 0) is 24.3 Å². The summed E-state index contributed by atoms with van der Waals surface area (Å²) in [5, 5.41) is 11.0. The predicted octanol–water partition coefficient (Wildman–Crippen LogP) is 3.05. The summed E-state index contributed by atoms with van der Waals surface area (Å²) in [7, 11) is -2.72. The number of sulfonamides is 1. The van der Waals surface area contributed by atoms with Crippen LogP contribution in [-0.4, -0.2) is 56.0 Å². The van der Waals surface area contributed by atoms with E-state index in [9.17, 15) is 18.0 Å². The lowest BCUT2D eigenvalue weighted by molar-refractivity contribution is -0.137. The number of rotatable bonds is 7. The van der Waals surface area contributed by atoms with Gasteiger partial charge in [-0.2, -0.15) is 0 Å². The molecule has 4 rings (SSSR count). The first-order valence-electron chi connectivity index (χ1n) is 9.66. The monoisotopic (exact) mass is 540 g/mol. The van der Waals surface area contributed by atoms with Gasteiger partial charge in [0.1, 0.15) is 5.75 Å². The van der Waals surface area contributed by atoms with Crippen molar-refractivity contribution in [1.29, 1.82) is 0 Å². The number of carbonyl (C=O) groups excluding carboxylic acids is 2. The number of aromatic nitrogens is 2. The molecule has 14 heteroatoms. The van der Waals surface area contributed by atoms with Gasteiger partial charge in [0.2, 0.25) is 5.13 Å². The van der Waals surface area contributed by atoms with Crippen LogP contribution < -0.4 is 14.4 Å². The molecule has 1 aromatic heterocycles. The van der Waals surface area contributed by atoms with Gasteiger partial charge in [-0.15, -0.1) is 10.2 Å². The molecule has 1 amide bonds. The van der Waals surface area contributed by atoms with E-state index in [4.69, 9.17) is 16.3 Å². The zero-order valence-corrected chi connectivity index (χ0v) is 20.7. The number of hydrogen-bond acceptors (Lipinski definition) is 10. The number of esters is 1. The van der Waals surface area contributed by atoms with E-state index in [1.54, 1.807) is 24.3 Å². The third-order valence-corrected chi connectivity index (χ3v) is 8.60. The molecule has 1 N–H and O–H groups in total. The lowest BCUT2D eigenvalue weighted by atomic mass is 10.2. The summed E-state index contributed by atoms with van der Waals surface area (Å²) in [4.78, 5) is 24.2. The van der Waals surface area contributed by atoms with Crippen molar-refractivity contribution < 1.29 is 27.5 Å². The number of halogens is 1. The van der Waals surface area contributed by atoms with Crippen molar-refractivity contribution in [3.8, 4) is 5.75 Å². The van der Waals surface area contributed by atoms with Gasteiger partial charge in [0, 0.05) is 5.02 Å². The topological polar surface area (TPSA) is 128 Å². The maximum absolute atomic E-state index is 13.4. The van der Waals surface area contributed by atoms with E-state index in [0.29, 0.717) is 15.0 Å². The molecule has 0 radical (unpaired) electrons. The molecule has 0 spiro atoms. The number of amides is 1. The molecule has 2 aromatic carbocycles. The second-order valence-corrected chi connectivity index (χ2v) is 11.3. The highest BCUT2D eigenvalue weighted by atomic mass is 35.5. The van der Waals surface area contributed by atoms with Gasteiger partial charge in [-0.1, -0.05) is 46.8 Å². The van der Waals surface area contributed by atoms with Crippen molar-refractivity contribution in [2.24, 2.45) is 0 Å². The van der Waals surface area contributed by atoms with Gasteiger partial charge in [-0.05, 0) is 36.4 Å². The molecule has 1 atom stereocenters. The van der Waals surface area contributed by atoms with Crippen molar-refractivity contribution in [3.63, 3.8) is 0 Å². The van der Waals surface area contributed by atoms with E-state index in [1.807, 2.05) is 0 Å². The molecule has 1 aliphatic rings. The third kappa shape index (κ3) is 5.27. The van der Waals surface area contributed by atoms with Gasteiger partial charge < -0.3 is 9.47 Å². The number of thioether (sulfide) groups is 1. The maximum Gasteiger partial charge on any atom is 0.316 e. The third-order valence-electron chi connectivity index (χ3n) is 4.61. The first kappa shape index (κ1) is 24.3. The normalized spacial score (nSPS) is 15.2. The fraction of sp³-hybridized carbons (Fsp3) is 0.200. The molecule has 3 aromatic rings. The number of methoxy groups -OCH3 is 1. The van der Waals surface area contributed by atoms with Crippen LogP contribution in [0.15, 0.2) is 57.8 Å². The van der Waals surface area contributed by atoms with Crippen LogP contribution in [0, 0.1) is 0 Å². The highest BCUT2D eigenvalue weighted by molar-refractivity contribution is 8.01. The molecular weight excluding hydrogens is 524 g/mol. The largest absolute Gasteiger partial charge is 0.476 e. The summed E-state index contributed by atoms with van der Waals surface area (Å²) in [5.41, 5.74) is 0.318. The number of carbonyl (C=O) groups is 2. The number of para-hydroxylation sites is 2. The molecule has 0 aliphatic carbocycles.